The molecular formula is C12H21NO. The van der Waals surface area contributed by atoms with E-state index in [0.717, 1.165) is 32.2 Å². The minimum atomic E-state index is 0.853. The van der Waals surface area contributed by atoms with Gasteiger partial charge in [-0.25, -0.2) is 0 Å². The van der Waals surface area contributed by atoms with Gasteiger partial charge in [0.2, 0.25) is 0 Å². The maximum Gasteiger partial charge on any atom is 0.0642 e. The molecule has 14 heavy (non-hydrogen) atoms. The van der Waals surface area contributed by atoms with Gasteiger partial charge in [0.05, 0.1) is 13.2 Å². The van der Waals surface area contributed by atoms with Crippen LogP contribution in [0.15, 0.2) is 12.3 Å². The third-order valence-electron chi connectivity index (χ3n) is 3.26. The van der Waals surface area contributed by atoms with Crippen molar-refractivity contribution in [1.82, 2.24) is 4.90 Å². The lowest BCUT2D eigenvalue weighted by molar-refractivity contribution is 0.0591. The van der Waals surface area contributed by atoms with Gasteiger partial charge in [-0.05, 0) is 25.0 Å². The van der Waals surface area contributed by atoms with Crippen molar-refractivity contribution in [2.75, 3.05) is 26.3 Å². The molecule has 0 bridgehead atoms. The number of hydrogen-bond donors (Lipinski definition) is 0. The normalized spacial score (nSPS) is 25.9. The van der Waals surface area contributed by atoms with Crippen molar-refractivity contribution in [2.24, 2.45) is 5.92 Å². The Balaban J connectivity index is 1.73. The van der Waals surface area contributed by atoms with Crippen LogP contribution in [0.4, 0.5) is 0 Å². The van der Waals surface area contributed by atoms with E-state index in [0.29, 0.717) is 0 Å². The number of rotatable bonds is 2. The van der Waals surface area contributed by atoms with E-state index in [1.165, 1.54) is 32.1 Å². The van der Waals surface area contributed by atoms with Crippen molar-refractivity contribution in [3.63, 3.8) is 0 Å². The highest BCUT2D eigenvalue weighted by atomic mass is 16.5. The molecule has 0 amide bonds. The Hall–Kier alpha value is -0.500. The third-order valence-corrected chi connectivity index (χ3v) is 3.26. The summed E-state index contributed by atoms with van der Waals surface area (Å²) in [5, 5.41) is 0. The van der Waals surface area contributed by atoms with Crippen LogP contribution in [-0.4, -0.2) is 31.2 Å². The fourth-order valence-corrected chi connectivity index (χ4v) is 2.30. The van der Waals surface area contributed by atoms with E-state index >= 15 is 0 Å². The zero-order chi connectivity index (χ0) is 9.64. The molecule has 2 rings (SSSR count). The zero-order valence-corrected chi connectivity index (χ0v) is 8.95. The van der Waals surface area contributed by atoms with Crippen molar-refractivity contribution in [2.45, 2.75) is 32.1 Å². The molecule has 0 unspecified atom stereocenters. The van der Waals surface area contributed by atoms with Crippen LogP contribution in [0.25, 0.3) is 0 Å². The Morgan fingerprint density at radius 2 is 1.71 bits per heavy atom. The minimum Gasteiger partial charge on any atom is -0.378 e. The largest absolute Gasteiger partial charge is 0.378 e. The zero-order valence-electron chi connectivity index (χ0n) is 8.95. The minimum absolute atomic E-state index is 0.853. The summed E-state index contributed by atoms with van der Waals surface area (Å²) in [6.45, 7) is 3.94. The van der Waals surface area contributed by atoms with Gasteiger partial charge in [-0.15, -0.1) is 0 Å². The molecule has 0 spiro atoms. The van der Waals surface area contributed by atoms with E-state index in [-0.39, 0.29) is 0 Å². The van der Waals surface area contributed by atoms with Crippen LogP contribution in [0.1, 0.15) is 32.1 Å². The molecule has 1 aliphatic heterocycles. The molecule has 2 nitrogen and oxygen atoms in total. The van der Waals surface area contributed by atoms with E-state index in [1.54, 1.807) is 0 Å². The Morgan fingerprint density at radius 1 is 1.00 bits per heavy atom. The molecule has 0 aromatic carbocycles. The fraction of sp³-hybridized carbons (Fsp3) is 0.833. The SMILES string of the molecule is C(=CN1CCOCC1)C1CCCCC1. The summed E-state index contributed by atoms with van der Waals surface area (Å²) in [5.41, 5.74) is 0. The van der Waals surface area contributed by atoms with Crippen molar-refractivity contribution in [3.05, 3.63) is 12.3 Å². The summed E-state index contributed by atoms with van der Waals surface area (Å²) >= 11 is 0. The first-order valence-electron chi connectivity index (χ1n) is 5.95. The first kappa shape index (κ1) is 10.0. The standard InChI is InChI=1S/C12H21NO/c1-2-4-12(5-3-1)6-7-13-8-10-14-11-9-13/h6-7,12H,1-5,8-11H2. The van der Waals surface area contributed by atoms with E-state index in [2.05, 4.69) is 17.2 Å². The van der Waals surface area contributed by atoms with Gasteiger partial charge in [0.25, 0.3) is 0 Å². The lowest BCUT2D eigenvalue weighted by Crippen LogP contribution is -2.32. The maximum absolute atomic E-state index is 5.32. The number of ether oxygens (including phenoxy) is 1. The third kappa shape index (κ3) is 3.02. The molecule has 0 aromatic rings. The van der Waals surface area contributed by atoms with E-state index in [9.17, 15) is 0 Å². The van der Waals surface area contributed by atoms with Gasteiger partial charge in [-0.1, -0.05) is 25.3 Å². The Labute approximate surface area is 86.9 Å². The van der Waals surface area contributed by atoms with Gasteiger partial charge in [-0.2, -0.15) is 0 Å². The molecule has 2 heteroatoms. The lowest BCUT2D eigenvalue weighted by Gasteiger charge is -2.26. The van der Waals surface area contributed by atoms with Crippen molar-refractivity contribution in [1.29, 1.82) is 0 Å². The van der Waals surface area contributed by atoms with Crippen LogP contribution >= 0.6 is 0 Å². The molecule has 80 valence electrons. The highest BCUT2D eigenvalue weighted by Crippen LogP contribution is 2.24. The molecule has 2 aliphatic rings. The fourth-order valence-electron chi connectivity index (χ4n) is 2.30. The molecule has 1 aliphatic carbocycles. The lowest BCUT2D eigenvalue weighted by atomic mass is 9.89. The van der Waals surface area contributed by atoms with Gasteiger partial charge < -0.3 is 9.64 Å². The molecule has 0 atom stereocenters. The van der Waals surface area contributed by atoms with Crippen LogP contribution in [0.3, 0.4) is 0 Å². The molecule has 0 aromatic heterocycles. The predicted octanol–water partition coefficient (Wildman–Crippen LogP) is 2.41. The van der Waals surface area contributed by atoms with Crippen molar-refractivity contribution < 1.29 is 4.74 Å². The first-order valence-corrected chi connectivity index (χ1v) is 5.95. The van der Waals surface area contributed by atoms with Crippen LogP contribution in [0, 0.1) is 5.92 Å². The molecule has 0 radical (unpaired) electrons. The van der Waals surface area contributed by atoms with Gasteiger partial charge in [-0.3, -0.25) is 0 Å². The van der Waals surface area contributed by atoms with Gasteiger partial charge in [0.15, 0.2) is 0 Å². The highest BCUT2D eigenvalue weighted by molar-refractivity contribution is 4.90. The van der Waals surface area contributed by atoms with E-state index < -0.39 is 0 Å². The second-order valence-electron chi connectivity index (χ2n) is 4.39. The van der Waals surface area contributed by atoms with Gasteiger partial charge in [0.1, 0.15) is 0 Å². The Kier molecular flexibility index (Phi) is 3.87. The van der Waals surface area contributed by atoms with E-state index in [4.69, 9.17) is 4.74 Å². The van der Waals surface area contributed by atoms with Gasteiger partial charge >= 0.3 is 0 Å². The first-order chi connectivity index (χ1) is 6.95. The summed E-state index contributed by atoms with van der Waals surface area (Å²) in [7, 11) is 0. The van der Waals surface area contributed by atoms with Crippen molar-refractivity contribution >= 4 is 0 Å². The molecule has 1 saturated heterocycles. The topological polar surface area (TPSA) is 12.5 Å². The average molecular weight is 195 g/mol. The number of nitrogens with zero attached hydrogens (tertiary/aromatic N) is 1. The molecule has 2 fully saturated rings. The monoisotopic (exact) mass is 195 g/mol. The summed E-state index contributed by atoms with van der Waals surface area (Å²) < 4.78 is 5.32. The molecule has 0 N–H and O–H groups in total. The summed E-state index contributed by atoms with van der Waals surface area (Å²) in [4.78, 5) is 2.39. The average Bonchev–Trinajstić information content (AvgIpc) is 2.29. The number of allylic oxidation sites excluding steroid dienone is 1. The summed E-state index contributed by atoms with van der Waals surface area (Å²) in [5.74, 6) is 0.853. The predicted molar refractivity (Wildman–Crippen MR) is 58.1 cm³/mol. The summed E-state index contributed by atoms with van der Waals surface area (Å²) in [6, 6.07) is 0. The second kappa shape index (κ2) is 5.40. The molecule has 1 heterocycles. The van der Waals surface area contributed by atoms with E-state index in [1.807, 2.05) is 0 Å². The van der Waals surface area contributed by atoms with Crippen LogP contribution in [-0.2, 0) is 4.74 Å². The van der Waals surface area contributed by atoms with Crippen LogP contribution < -0.4 is 0 Å². The van der Waals surface area contributed by atoms with Gasteiger partial charge in [0, 0.05) is 13.1 Å². The van der Waals surface area contributed by atoms with Crippen LogP contribution in [0.5, 0.6) is 0 Å². The Morgan fingerprint density at radius 3 is 2.43 bits per heavy atom. The molecule has 1 saturated carbocycles. The van der Waals surface area contributed by atoms with Crippen LogP contribution in [0.2, 0.25) is 0 Å². The molecular weight excluding hydrogens is 174 g/mol. The maximum atomic E-state index is 5.32. The van der Waals surface area contributed by atoms with Crippen molar-refractivity contribution in [3.8, 4) is 0 Å². The Bertz CT molecular complexity index is 159. The highest BCUT2D eigenvalue weighted by Gasteiger charge is 2.11. The second-order valence-corrected chi connectivity index (χ2v) is 4.39. The summed E-state index contributed by atoms with van der Waals surface area (Å²) in [6.07, 6.45) is 11.8. The smallest absolute Gasteiger partial charge is 0.0642 e. The number of hydrogen-bond acceptors (Lipinski definition) is 2. The number of morpholine rings is 1. The quantitative estimate of drug-likeness (QED) is 0.671.